The molecule has 0 bridgehead atoms. The molecular formula is C10H21NOSi. The van der Waals surface area contributed by atoms with E-state index in [1.54, 1.807) is 11.0 Å². The van der Waals surface area contributed by atoms with E-state index in [0.29, 0.717) is 0 Å². The molecule has 0 aromatic rings. The first kappa shape index (κ1) is 12.3. The average Bonchev–Trinajstić information content (AvgIpc) is 1.81. The third-order valence-corrected chi connectivity index (χ3v) is 3.06. The van der Waals surface area contributed by atoms with Crippen LogP contribution in [0.25, 0.3) is 0 Å². The highest BCUT2D eigenvalue weighted by Crippen LogP contribution is 2.16. The van der Waals surface area contributed by atoms with Crippen LogP contribution >= 0.6 is 0 Å². The quantitative estimate of drug-likeness (QED) is 0.427. The highest BCUT2D eigenvalue weighted by molar-refractivity contribution is 6.76. The molecule has 2 nitrogen and oxygen atoms in total. The number of rotatable bonds is 4. The molecule has 0 atom stereocenters. The summed E-state index contributed by atoms with van der Waals surface area (Å²) in [6, 6.07) is 1.03. The maximum atomic E-state index is 9.44. The van der Waals surface area contributed by atoms with Crippen LogP contribution in [0.3, 0.4) is 0 Å². The van der Waals surface area contributed by atoms with E-state index in [1.807, 2.05) is 14.1 Å². The van der Waals surface area contributed by atoms with E-state index in [2.05, 4.69) is 26.2 Å². The van der Waals surface area contributed by atoms with E-state index < -0.39 is 8.07 Å². The Morgan fingerprint density at radius 3 is 2.15 bits per heavy atom. The summed E-state index contributed by atoms with van der Waals surface area (Å²) in [6.45, 7) is 10.8. The summed E-state index contributed by atoms with van der Waals surface area (Å²) in [7, 11) is 2.53. The number of aliphatic hydroxyl groups is 1. The highest BCUT2D eigenvalue weighted by Gasteiger charge is 2.13. The molecule has 0 heterocycles. The van der Waals surface area contributed by atoms with Crippen LogP contribution in [0.1, 0.15) is 0 Å². The Labute approximate surface area is 82.6 Å². The summed E-state index contributed by atoms with van der Waals surface area (Å²) in [5.74, 6) is 0.281. The fourth-order valence-corrected chi connectivity index (χ4v) is 2.51. The molecule has 0 aliphatic heterocycles. The van der Waals surface area contributed by atoms with Gasteiger partial charge in [0, 0.05) is 28.2 Å². The van der Waals surface area contributed by atoms with Crippen LogP contribution in [0.15, 0.2) is 24.1 Å². The van der Waals surface area contributed by atoms with Gasteiger partial charge in [0.2, 0.25) is 0 Å². The zero-order valence-corrected chi connectivity index (χ0v) is 10.4. The largest absolute Gasteiger partial charge is 0.495 e. The van der Waals surface area contributed by atoms with Gasteiger partial charge in [-0.05, 0) is 6.04 Å². The van der Waals surface area contributed by atoms with Crippen molar-refractivity contribution in [1.29, 1.82) is 0 Å². The summed E-state index contributed by atoms with van der Waals surface area (Å²) in [4.78, 5) is 1.68. The topological polar surface area (TPSA) is 23.5 Å². The van der Waals surface area contributed by atoms with Crippen LogP contribution in [-0.2, 0) is 0 Å². The van der Waals surface area contributed by atoms with Gasteiger partial charge in [-0.3, -0.25) is 0 Å². The Morgan fingerprint density at radius 2 is 1.85 bits per heavy atom. The molecule has 0 saturated heterocycles. The van der Waals surface area contributed by atoms with Gasteiger partial charge >= 0.3 is 0 Å². The zero-order chi connectivity index (χ0) is 10.6. The fourth-order valence-electron chi connectivity index (χ4n) is 1.04. The fraction of sp³-hybridized carbons (Fsp3) is 0.600. The average molecular weight is 199 g/mol. The van der Waals surface area contributed by atoms with Gasteiger partial charge in [-0.15, -0.1) is 0 Å². The monoisotopic (exact) mass is 199 g/mol. The molecule has 0 spiro atoms. The molecule has 0 aromatic heterocycles. The zero-order valence-electron chi connectivity index (χ0n) is 9.39. The predicted octanol–water partition coefficient (Wildman–Crippen LogP) is 2.84. The summed E-state index contributed by atoms with van der Waals surface area (Å²) in [5.41, 5.74) is 1.02. The minimum Gasteiger partial charge on any atom is -0.495 e. The number of allylic oxidation sites excluding steroid dienone is 2. The van der Waals surface area contributed by atoms with Crippen molar-refractivity contribution in [3.8, 4) is 0 Å². The van der Waals surface area contributed by atoms with Crippen LogP contribution in [0, 0.1) is 0 Å². The normalized spacial score (nSPS) is 12.8. The smallest absolute Gasteiger partial charge is 0.186 e. The Balaban J connectivity index is 4.24. The third kappa shape index (κ3) is 6.46. The second-order valence-corrected chi connectivity index (χ2v) is 10.3. The van der Waals surface area contributed by atoms with E-state index in [1.165, 1.54) is 0 Å². The van der Waals surface area contributed by atoms with Crippen LogP contribution in [-0.4, -0.2) is 32.2 Å². The molecule has 0 aliphatic rings. The van der Waals surface area contributed by atoms with Gasteiger partial charge in [-0.25, -0.2) is 0 Å². The van der Waals surface area contributed by atoms with Crippen LogP contribution in [0.5, 0.6) is 0 Å². The van der Waals surface area contributed by atoms with Gasteiger partial charge in [-0.1, -0.05) is 31.8 Å². The van der Waals surface area contributed by atoms with Gasteiger partial charge in [0.15, 0.2) is 5.88 Å². The molecule has 0 aromatic carbocycles. The molecule has 3 heteroatoms. The number of hydrogen-bond acceptors (Lipinski definition) is 2. The molecule has 76 valence electrons. The van der Waals surface area contributed by atoms with Crippen molar-refractivity contribution in [2.75, 3.05) is 14.1 Å². The van der Waals surface area contributed by atoms with Gasteiger partial charge in [0.1, 0.15) is 0 Å². The standard InChI is InChI=1S/C10H21NOSi/c1-9(8-13(4,5)6)7-10(12)11(2)3/h7,12H,1,8H2,2-6H3/b10-7-. The lowest BCUT2D eigenvalue weighted by Gasteiger charge is -2.17. The Hall–Kier alpha value is -0.703. The van der Waals surface area contributed by atoms with E-state index in [4.69, 9.17) is 0 Å². The third-order valence-electron chi connectivity index (χ3n) is 1.55. The molecule has 0 unspecified atom stereocenters. The number of aliphatic hydroxyl groups excluding tert-OH is 1. The predicted molar refractivity (Wildman–Crippen MR) is 61.7 cm³/mol. The molecule has 13 heavy (non-hydrogen) atoms. The SMILES string of the molecule is C=C(/C=C(\O)N(C)C)C[Si](C)(C)C. The van der Waals surface area contributed by atoms with Crippen molar-refractivity contribution in [3.63, 3.8) is 0 Å². The second kappa shape index (κ2) is 4.51. The number of nitrogens with zero attached hydrogens (tertiary/aromatic N) is 1. The summed E-state index contributed by atoms with van der Waals surface area (Å²) < 4.78 is 0. The Kier molecular flexibility index (Phi) is 4.27. The van der Waals surface area contributed by atoms with Crippen LogP contribution < -0.4 is 0 Å². The first-order valence-electron chi connectivity index (χ1n) is 4.48. The minimum absolute atomic E-state index is 0.281. The van der Waals surface area contributed by atoms with Crippen molar-refractivity contribution in [1.82, 2.24) is 4.90 Å². The molecule has 0 amide bonds. The van der Waals surface area contributed by atoms with Crippen LogP contribution in [0.4, 0.5) is 0 Å². The second-order valence-electron chi connectivity index (χ2n) is 4.79. The lowest BCUT2D eigenvalue weighted by atomic mass is 10.3. The Morgan fingerprint density at radius 1 is 1.38 bits per heavy atom. The molecule has 0 rings (SSSR count). The van der Waals surface area contributed by atoms with Crippen molar-refractivity contribution in [2.24, 2.45) is 0 Å². The molecule has 0 aliphatic carbocycles. The van der Waals surface area contributed by atoms with E-state index in [9.17, 15) is 5.11 Å². The van der Waals surface area contributed by atoms with Gasteiger partial charge in [0.05, 0.1) is 0 Å². The maximum absolute atomic E-state index is 9.44. The summed E-state index contributed by atoms with van der Waals surface area (Å²) in [5, 5.41) is 9.44. The van der Waals surface area contributed by atoms with Crippen LogP contribution in [0.2, 0.25) is 25.7 Å². The lowest BCUT2D eigenvalue weighted by molar-refractivity contribution is 0.263. The lowest BCUT2D eigenvalue weighted by Crippen LogP contribution is -2.19. The van der Waals surface area contributed by atoms with E-state index in [-0.39, 0.29) is 5.88 Å². The van der Waals surface area contributed by atoms with E-state index in [0.717, 1.165) is 11.6 Å². The van der Waals surface area contributed by atoms with Gasteiger partial charge in [0.25, 0.3) is 0 Å². The first-order chi connectivity index (χ1) is 5.72. The molecular weight excluding hydrogens is 178 g/mol. The van der Waals surface area contributed by atoms with E-state index >= 15 is 0 Å². The minimum atomic E-state index is -1.10. The molecule has 0 saturated carbocycles. The number of hydrogen-bond donors (Lipinski definition) is 1. The Bertz CT molecular complexity index is 213. The molecule has 1 N–H and O–H groups in total. The van der Waals surface area contributed by atoms with Gasteiger partial charge < -0.3 is 10.0 Å². The highest BCUT2D eigenvalue weighted by atomic mass is 28.3. The van der Waals surface area contributed by atoms with Gasteiger partial charge in [-0.2, -0.15) is 0 Å². The molecule has 0 fully saturated rings. The summed E-state index contributed by atoms with van der Waals surface area (Å²) >= 11 is 0. The maximum Gasteiger partial charge on any atom is 0.186 e. The van der Waals surface area contributed by atoms with Crippen molar-refractivity contribution >= 4 is 8.07 Å². The first-order valence-corrected chi connectivity index (χ1v) is 8.19. The van der Waals surface area contributed by atoms with Crippen molar-refractivity contribution in [3.05, 3.63) is 24.1 Å². The van der Waals surface area contributed by atoms with Crippen molar-refractivity contribution < 1.29 is 5.11 Å². The van der Waals surface area contributed by atoms with Crippen molar-refractivity contribution in [2.45, 2.75) is 25.7 Å². The molecule has 0 radical (unpaired) electrons. The summed E-state index contributed by atoms with van der Waals surface area (Å²) in [6.07, 6.45) is 1.75.